The van der Waals surface area contributed by atoms with E-state index in [1.54, 1.807) is 12.3 Å². The lowest BCUT2D eigenvalue weighted by Gasteiger charge is -1.98. The second-order valence-corrected chi connectivity index (χ2v) is 3.76. The molecule has 0 atom stereocenters. The van der Waals surface area contributed by atoms with Crippen molar-refractivity contribution in [2.24, 2.45) is 0 Å². The summed E-state index contributed by atoms with van der Waals surface area (Å²) in [6, 6.07) is 1.66. The maximum Gasteiger partial charge on any atom is 0.383 e. The number of esters is 1. The Morgan fingerprint density at radius 3 is 2.84 bits per heavy atom. The summed E-state index contributed by atoms with van der Waals surface area (Å²) in [6.07, 6.45) is 3.32. The van der Waals surface area contributed by atoms with Crippen LogP contribution in [0.1, 0.15) is 5.69 Å². The first kappa shape index (κ1) is 13.0. The number of carbonyl (C=O) groups is 1. The van der Waals surface area contributed by atoms with Crippen molar-refractivity contribution in [2.75, 3.05) is 13.3 Å². The number of allylic oxidation sites excluding steroid dienone is 1. The van der Waals surface area contributed by atoms with E-state index < -0.39 is 24.2 Å². The van der Waals surface area contributed by atoms with Gasteiger partial charge in [0.1, 0.15) is 19.0 Å². The van der Waals surface area contributed by atoms with Gasteiger partial charge in [0.05, 0.1) is 0 Å². The number of rotatable bonds is 5. The van der Waals surface area contributed by atoms with Gasteiger partial charge in [0.15, 0.2) is 5.76 Å². The van der Waals surface area contributed by atoms with Gasteiger partial charge in [-0.25, -0.2) is 9.18 Å². The number of aromatic amines is 1. The molecule has 3 N–H and O–H groups in total. The molecule has 1 aliphatic rings. The van der Waals surface area contributed by atoms with E-state index in [9.17, 15) is 14.3 Å². The molecule has 1 aromatic heterocycles. The van der Waals surface area contributed by atoms with E-state index in [0.717, 1.165) is 5.69 Å². The molecule has 19 heavy (non-hydrogen) atoms. The van der Waals surface area contributed by atoms with Crippen molar-refractivity contribution in [1.29, 1.82) is 0 Å². The van der Waals surface area contributed by atoms with Crippen LogP contribution in [0.3, 0.4) is 0 Å². The van der Waals surface area contributed by atoms with Crippen molar-refractivity contribution < 1.29 is 28.9 Å². The summed E-state index contributed by atoms with van der Waals surface area (Å²) in [4.78, 5) is 13.8. The van der Waals surface area contributed by atoms with Gasteiger partial charge in [-0.15, -0.1) is 0 Å². The van der Waals surface area contributed by atoms with E-state index >= 15 is 0 Å². The lowest BCUT2D eigenvalue weighted by molar-refractivity contribution is -0.135. The Balaban J connectivity index is 1.99. The molecule has 2 heterocycles. The first-order valence-electron chi connectivity index (χ1n) is 5.52. The molecule has 2 rings (SSSR count). The van der Waals surface area contributed by atoms with E-state index in [0.29, 0.717) is 12.2 Å². The quantitative estimate of drug-likeness (QED) is 0.707. The summed E-state index contributed by atoms with van der Waals surface area (Å²) in [7, 11) is 0. The zero-order chi connectivity index (χ0) is 13.8. The maximum absolute atomic E-state index is 11.9. The lowest BCUT2D eigenvalue weighted by Crippen LogP contribution is -1.97. The minimum absolute atomic E-state index is 0.0204. The Hall–Kier alpha value is -2.44. The molecule has 0 aromatic carbocycles. The number of H-pyrrole nitrogens is 1. The van der Waals surface area contributed by atoms with Crippen LogP contribution in [0.5, 0.6) is 5.75 Å². The number of aromatic nitrogens is 1. The highest BCUT2D eigenvalue weighted by Crippen LogP contribution is 2.23. The van der Waals surface area contributed by atoms with Gasteiger partial charge in [0.25, 0.3) is 0 Å². The Kier molecular flexibility index (Phi) is 3.74. The number of hydrogen-bond acceptors (Lipinski definition) is 5. The van der Waals surface area contributed by atoms with Crippen LogP contribution >= 0.6 is 0 Å². The van der Waals surface area contributed by atoms with Crippen LogP contribution in [0.2, 0.25) is 0 Å². The van der Waals surface area contributed by atoms with Crippen LogP contribution in [0.15, 0.2) is 35.6 Å². The second kappa shape index (κ2) is 5.47. The Morgan fingerprint density at radius 2 is 2.21 bits per heavy atom. The number of nitrogens with one attached hydrogen (secondary N) is 1. The van der Waals surface area contributed by atoms with Gasteiger partial charge in [0, 0.05) is 24.4 Å². The summed E-state index contributed by atoms with van der Waals surface area (Å²) >= 11 is 0. The zero-order valence-corrected chi connectivity index (χ0v) is 9.85. The number of cyclic esters (lactones) is 1. The fourth-order valence-electron chi connectivity index (χ4n) is 1.53. The average Bonchev–Trinajstić information content (AvgIpc) is 2.95. The maximum atomic E-state index is 11.9. The first-order chi connectivity index (χ1) is 9.11. The zero-order valence-electron chi connectivity index (χ0n) is 9.85. The van der Waals surface area contributed by atoms with E-state index in [1.165, 1.54) is 6.08 Å². The predicted octanol–water partition coefficient (Wildman–Crippen LogP) is 1.67. The molecule has 0 saturated heterocycles. The third-order valence-corrected chi connectivity index (χ3v) is 2.42. The molecular weight excluding hydrogens is 257 g/mol. The Labute approximate surface area is 107 Å². The molecule has 0 aliphatic carbocycles. The second-order valence-electron chi connectivity index (χ2n) is 3.76. The SMILES string of the molecule is O=C1O/C(=C/Cc2cc(OCCF)c[nH]2)C(O)=C1O. The molecule has 0 saturated carbocycles. The summed E-state index contributed by atoms with van der Waals surface area (Å²) < 4.78 is 21.6. The molecular formula is C12H12FNO5. The standard InChI is InChI=1S/C12H12FNO5/c13-3-4-18-8-5-7(14-6-8)1-2-9-10(15)11(16)12(17)19-9/h2,5-6,14-16H,1,3-4H2/b9-2+. The molecule has 0 bridgehead atoms. The van der Waals surface area contributed by atoms with Crippen LogP contribution in [0.25, 0.3) is 0 Å². The van der Waals surface area contributed by atoms with Crippen molar-refractivity contribution in [3.05, 3.63) is 41.3 Å². The van der Waals surface area contributed by atoms with Gasteiger partial charge >= 0.3 is 5.97 Å². The largest absolute Gasteiger partial charge is 0.502 e. The fourth-order valence-corrected chi connectivity index (χ4v) is 1.53. The average molecular weight is 269 g/mol. The van der Waals surface area contributed by atoms with Crippen LogP contribution in [0, 0.1) is 0 Å². The molecule has 0 fully saturated rings. The number of aliphatic hydroxyl groups excluding tert-OH is 2. The van der Waals surface area contributed by atoms with Gasteiger partial charge < -0.3 is 24.7 Å². The van der Waals surface area contributed by atoms with Gasteiger partial charge in [-0.3, -0.25) is 0 Å². The molecule has 6 nitrogen and oxygen atoms in total. The van der Waals surface area contributed by atoms with Gasteiger partial charge in [0.2, 0.25) is 11.5 Å². The van der Waals surface area contributed by atoms with E-state index in [1.807, 2.05) is 0 Å². The number of carbonyl (C=O) groups excluding carboxylic acids is 1. The Morgan fingerprint density at radius 1 is 1.42 bits per heavy atom. The summed E-state index contributed by atoms with van der Waals surface area (Å²) in [5.74, 6) is -1.96. The molecule has 7 heteroatoms. The molecule has 1 aliphatic heterocycles. The summed E-state index contributed by atoms with van der Waals surface area (Å²) in [5.41, 5.74) is 0.719. The molecule has 102 valence electrons. The highest BCUT2D eigenvalue weighted by Gasteiger charge is 2.29. The summed E-state index contributed by atoms with van der Waals surface area (Å²) in [5, 5.41) is 18.5. The normalized spacial score (nSPS) is 17.1. The van der Waals surface area contributed by atoms with Crippen molar-refractivity contribution in [3.63, 3.8) is 0 Å². The number of alkyl halides is 1. The summed E-state index contributed by atoms with van der Waals surface area (Å²) in [6.45, 7) is -0.591. The van der Waals surface area contributed by atoms with Crippen molar-refractivity contribution in [3.8, 4) is 5.75 Å². The fraction of sp³-hybridized carbons (Fsp3) is 0.250. The number of aliphatic hydroxyl groups is 2. The number of halogens is 1. The van der Waals surface area contributed by atoms with Crippen LogP contribution < -0.4 is 4.74 Å². The third kappa shape index (κ3) is 2.87. The van der Waals surface area contributed by atoms with E-state index in [2.05, 4.69) is 9.72 Å². The van der Waals surface area contributed by atoms with Gasteiger partial charge in [-0.1, -0.05) is 0 Å². The van der Waals surface area contributed by atoms with Gasteiger partial charge in [-0.05, 0) is 6.08 Å². The molecule has 0 unspecified atom stereocenters. The molecule has 0 amide bonds. The highest BCUT2D eigenvalue weighted by molar-refractivity contribution is 5.91. The topological polar surface area (TPSA) is 91.8 Å². The minimum atomic E-state index is -0.984. The Bertz CT molecular complexity index is 546. The highest BCUT2D eigenvalue weighted by atomic mass is 19.1. The molecule has 1 aromatic rings. The lowest BCUT2D eigenvalue weighted by atomic mass is 10.2. The van der Waals surface area contributed by atoms with E-state index in [-0.39, 0.29) is 12.4 Å². The first-order valence-corrected chi connectivity index (χ1v) is 5.52. The third-order valence-electron chi connectivity index (χ3n) is 2.42. The number of hydrogen-bond donors (Lipinski definition) is 3. The van der Waals surface area contributed by atoms with Crippen LogP contribution in [-0.4, -0.2) is 34.4 Å². The van der Waals surface area contributed by atoms with Crippen molar-refractivity contribution in [1.82, 2.24) is 4.98 Å². The monoisotopic (exact) mass is 269 g/mol. The number of ether oxygens (including phenoxy) is 2. The molecule has 0 radical (unpaired) electrons. The molecule has 0 spiro atoms. The minimum Gasteiger partial charge on any atom is -0.502 e. The smallest absolute Gasteiger partial charge is 0.383 e. The van der Waals surface area contributed by atoms with Crippen molar-refractivity contribution in [2.45, 2.75) is 6.42 Å². The predicted molar refractivity (Wildman–Crippen MR) is 62.4 cm³/mol. The van der Waals surface area contributed by atoms with Crippen LogP contribution in [-0.2, 0) is 16.0 Å². The van der Waals surface area contributed by atoms with Crippen molar-refractivity contribution >= 4 is 5.97 Å². The van der Waals surface area contributed by atoms with Gasteiger partial charge in [-0.2, -0.15) is 0 Å². The van der Waals surface area contributed by atoms with E-state index in [4.69, 9.17) is 9.84 Å². The van der Waals surface area contributed by atoms with Crippen LogP contribution in [0.4, 0.5) is 4.39 Å².